The molecule has 0 aromatic heterocycles. The first-order valence-electron chi connectivity index (χ1n) is 14.4. The summed E-state index contributed by atoms with van der Waals surface area (Å²) < 4.78 is 5.30. The van der Waals surface area contributed by atoms with Gasteiger partial charge < -0.3 is 25.2 Å². The fraction of sp³-hybridized carbons (Fsp3) is 0.562. The summed E-state index contributed by atoms with van der Waals surface area (Å²) in [6, 6.07) is 0. The zero-order chi connectivity index (χ0) is 31.7. The van der Waals surface area contributed by atoms with Crippen molar-refractivity contribution in [3.8, 4) is 0 Å². The Kier molecular flexibility index (Phi) is 17.8. The number of hydrogen-bond acceptors (Lipinski definition) is 8. The lowest BCUT2D eigenvalue weighted by molar-refractivity contribution is -0.163. The van der Waals surface area contributed by atoms with Gasteiger partial charge in [-0.05, 0) is 57.1 Å². The highest BCUT2D eigenvalue weighted by atomic mass is 35.5. The molecule has 0 unspecified atom stereocenters. The molecule has 0 aromatic rings. The lowest BCUT2D eigenvalue weighted by Gasteiger charge is -2.30. The number of ether oxygens (including phenoxy) is 1. The van der Waals surface area contributed by atoms with Gasteiger partial charge in [-0.15, -0.1) is 0 Å². The first-order valence-corrected chi connectivity index (χ1v) is 14.8. The number of aliphatic hydroxyl groups excluding tert-OH is 3. The highest BCUT2D eigenvalue weighted by Gasteiger charge is 2.35. The molecule has 1 fully saturated rings. The maximum atomic E-state index is 12.2. The average Bonchev–Trinajstić information content (AvgIpc) is 2.92. The van der Waals surface area contributed by atoms with E-state index < -0.39 is 48.1 Å². The quantitative estimate of drug-likeness (QED) is 0.0979. The van der Waals surface area contributed by atoms with Crippen molar-refractivity contribution in [2.45, 2.75) is 103 Å². The molecular formula is C32H45ClO9. The Morgan fingerprint density at radius 3 is 2.38 bits per heavy atom. The summed E-state index contributed by atoms with van der Waals surface area (Å²) in [5, 5.41) is 39.8. The van der Waals surface area contributed by atoms with Crippen molar-refractivity contribution in [3.05, 3.63) is 59.2 Å². The molecule has 1 aliphatic carbocycles. The van der Waals surface area contributed by atoms with Crippen LogP contribution >= 0.6 is 11.6 Å². The van der Waals surface area contributed by atoms with E-state index in [0.717, 1.165) is 5.57 Å². The number of allylic oxidation sites excluding steroid dienone is 10. The highest BCUT2D eigenvalue weighted by molar-refractivity contribution is 6.29. The van der Waals surface area contributed by atoms with E-state index in [9.17, 15) is 34.5 Å². The number of halogens is 1. The number of carboxylic acid groups (broad SMARTS) is 1. The zero-order valence-corrected chi connectivity index (χ0v) is 25.4. The first kappa shape index (κ1) is 37.2. The topological polar surface area (TPSA) is 158 Å². The van der Waals surface area contributed by atoms with E-state index in [1.165, 1.54) is 6.08 Å². The Morgan fingerprint density at radius 2 is 1.71 bits per heavy atom. The van der Waals surface area contributed by atoms with Crippen molar-refractivity contribution in [1.29, 1.82) is 0 Å². The van der Waals surface area contributed by atoms with Crippen molar-refractivity contribution in [3.63, 3.8) is 0 Å². The van der Waals surface area contributed by atoms with Gasteiger partial charge in [-0.3, -0.25) is 19.2 Å². The monoisotopic (exact) mass is 608 g/mol. The van der Waals surface area contributed by atoms with Crippen LogP contribution in [0.5, 0.6) is 0 Å². The van der Waals surface area contributed by atoms with Crippen LogP contribution in [0.15, 0.2) is 59.2 Å². The fourth-order valence-corrected chi connectivity index (χ4v) is 4.47. The summed E-state index contributed by atoms with van der Waals surface area (Å²) in [6.45, 7) is 5.53. The molecule has 0 spiro atoms. The molecule has 1 rings (SSSR count). The van der Waals surface area contributed by atoms with Gasteiger partial charge in [0.1, 0.15) is 12.2 Å². The molecule has 0 radical (unpaired) electrons. The van der Waals surface area contributed by atoms with Crippen LogP contribution in [0, 0.1) is 11.8 Å². The maximum absolute atomic E-state index is 12.2. The third-order valence-electron chi connectivity index (χ3n) is 6.84. The van der Waals surface area contributed by atoms with Gasteiger partial charge in [-0.1, -0.05) is 67.5 Å². The standard InChI is InChI=1S/C32H45ClO9/c1-4-5-12-24(34)19-25(35)20-29(38)28(37)17-22(3)26(33)13-8-6-10-21(2)11-7-9-14-31(39)42-30-18-23(32(40)41)15-16-27(30)36/h5-8,10-13,22-23,25,27-28,30,35-37H,4,9,14-20H2,1-3H3,(H,40,41)/b8-6+,11-7+,12-5+,21-10+,26-13-/t22-,23-,25-,27-,28-,30+/m0/s1. The third-order valence-corrected chi connectivity index (χ3v) is 7.34. The van der Waals surface area contributed by atoms with Crippen molar-refractivity contribution >= 4 is 35.1 Å². The Hall–Kier alpha value is -2.85. The van der Waals surface area contributed by atoms with Crippen molar-refractivity contribution in [2.75, 3.05) is 0 Å². The van der Waals surface area contributed by atoms with Crippen LogP contribution < -0.4 is 0 Å². The van der Waals surface area contributed by atoms with Crippen molar-refractivity contribution in [2.24, 2.45) is 11.8 Å². The van der Waals surface area contributed by atoms with E-state index in [2.05, 4.69) is 0 Å². The van der Waals surface area contributed by atoms with E-state index >= 15 is 0 Å². The predicted octanol–water partition coefficient (Wildman–Crippen LogP) is 4.74. The van der Waals surface area contributed by atoms with Crippen LogP contribution in [0.1, 0.15) is 78.6 Å². The molecule has 0 aliphatic heterocycles. The Labute approximate surface area is 253 Å². The average molecular weight is 609 g/mol. The smallest absolute Gasteiger partial charge is 0.306 e. The van der Waals surface area contributed by atoms with E-state index in [1.807, 2.05) is 32.1 Å². The molecule has 6 atom stereocenters. The molecule has 234 valence electrons. The second-order valence-electron chi connectivity index (χ2n) is 10.7. The van der Waals surface area contributed by atoms with Gasteiger partial charge in [-0.25, -0.2) is 0 Å². The molecule has 0 heterocycles. The van der Waals surface area contributed by atoms with Crippen LogP contribution in [0.4, 0.5) is 0 Å². The number of carbonyl (C=O) groups excluding carboxylic acids is 3. The third kappa shape index (κ3) is 15.4. The molecule has 0 amide bonds. The van der Waals surface area contributed by atoms with Crippen molar-refractivity contribution in [1.82, 2.24) is 0 Å². The van der Waals surface area contributed by atoms with E-state index in [0.29, 0.717) is 30.7 Å². The minimum Gasteiger partial charge on any atom is -0.481 e. The van der Waals surface area contributed by atoms with E-state index in [1.54, 1.807) is 31.2 Å². The largest absolute Gasteiger partial charge is 0.481 e. The molecule has 1 aliphatic rings. The van der Waals surface area contributed by atoms with Gasteiger partial charge in [-0.2, -0.15) is 0 Å². The molecule has 4 N–H and O–H groups in total. The molecule has 9 nitrogen and oxygen atoms in total. The maximum Gasteiger partial charge on any atom is 0.306 e. The van der Waals surface area contributed by atoms with E-state index in [4.69, 9.17) is 21.4 Å². The van der Waals surface area contributed by atoms with Gasteiger partial charge in [0.15, 0.2) is 11.6 Å². The second kappa shape index (κ2) is 20.1. The lowest BCUT2D eigenvalue weighted by Crippen LogP contribution is -2.39. The number of ketones is 2. The van der Waals surface area contributed by atoms with Gasteiger partial charge in [0.2, 0.25) is 0 Å². The minimum atomic E-state index is -1.30. The zero-order valence-electron chi connectivity index (χ0n) is 24.7. The molecule has 1 saturated carbocycles. The molecule has 10 heteroatoms. The Morgan fingerprint density at radius 1 is 1.02 bits per heavy atom. The first-order chi connectivity index (χ1) is 19.8. The van der Waals surface area contributed by atoms with Crippen molar-refractivity contribution < 1.29 is 44.3 Å². The molecule has 0 saturated heterocycles. The summed E-state index contributed by atoms with van der Waals surface area (Å²) in [6.07, 6.45) is 11.2. The molecule has 42 heavy (non-hydrogen) atoms. The number of Topliss-reactive ketones (excluding diaryl/α,β-unsaturated/α-hetero) is 1. The van der Waals surface area contributed by atoms with Gasteiger partial charge in [0.25, 0.3) is 0 Å². The van der Waals surface area contributed by atoms with Crippen LogP contribution in [-0.4, -0.2) is 68.3 Å². The summed E-state index contributed by atoms with van der Waals surface area (Å²) in [5.74, 6) is -3.17. The number of aliphatic carboxylic acids is 1. The van der Waals surface area contributed by atoms with Gasteiger partial charge in [0, 0.05) is 30.7 Å². The van der Waals surface area contributed by atoms with Crippen LogP contribution in [-0.2, 0) is 23.9 Å². The Balaban J connectivity index is 2.43. The van der Waals surface area contributed by atoms with Crippen LogP contribution in [0.25, 0.3) is 0 Å². The summed E-state index contributed by atoms with van der Waals surface area (Å²) in [4.78, 5) is 47.2. The summed E-state index contributed by atoms with van der Waals surface area (Å²) in [5.41, 5.74) is 0.910. The number of carboxylic acids is 1. The fourth-order valence-electron chi connectivity index (χ4n) is 4.31. The molecule has 0 bridgehead atoms. The second-order valence-corrected chi connectivity index (χ2v) is 11.1. The summed E-state index contributed by atoms with van der Waals surface area (Å²) >= 11 is 6.32. The molecule has 0 aromatic carbocycles. The number of aliphatic hydroxyl groups is 3. The van der Waals surface area contributed by atoms with E-state index in [-0.39, 0.29) is 43.8 Å². The van der Waals surface area contributed by atoms with Gasteiger partial charge >= 0.3 is 11.9 Å². The number of esters is 1. The van der Waals surface area contributed by atoms with Crippen LogP contribution in [0.3, 0.4) is 0 Å². The molecular weight excluding hydrogens is 564 g/mol. The number of carbonyl (C=O) groups is 4. The Bertz CT molecular complexity index is 1060. The number of rotatable bonds is 18. The van der Waals surface area contributed by atoms with Crippen LogP contribution in [0.2, 0.25) is 0 Å². The highest BCUT2D eigenvalue weighted by Crippen LogP contribution is 2.27. The lowest BCUT2D eigenvalue weighted by atomic mass is 9.85. The minimum absolute atomic E-state index is 0.0816. The predicted molar refractivity (Wildman–Crippen MR) is 161 cm³/mol. The number of hydrogen-bond donors (Lipinski definition) is 4. The normalized spacial score (nSPS) is 22.4. The van der Waals surface area contributed by atoms with Gasteiger partial charge in [0.05, 0.1) is 18.1 Å². The summed E-state index contributed by atoms with van der Waals surface area (Å²) in [7, 11) is 0. The SMILES string of the molecule is CC/C=C/C(=O)C[C@H](O)CC(=O)[C@@H](O)C[C@H](C)/C(Cl)=C/C=C/C=C(C)/C=C/CCC(=O)O[C@@H]1C[C@@H](C(=O)O)CC[C@@H]1O.